The van der Waals surface area contributed by atoms with Crippen LogP contribution in [0.1, 0.15) is 23.2 Å². The molecular weight excluding hydrogens is 394 g/mol. The number of ether oxygens (including phenoxy) is 1. The van der Waals surface area contributed by atoms with Crippen LogP contribution in [0.3, 0.4) is 0 Å². The molecule has 1 saturated heterocycles. The van der Waals surface area contributed by atoms with E-state index in [9.17, 15) is 19.2 Å². The van der Waals surface area contributed by atoms with Crippen LogP contribution in [0.2, 0.25) is 5.02 Å². The second-order valence-corrected chi connectivity index (χ2v) is 8.76. The van der Waals surface area contributed by atoms with Gasteiger partial charge in [-0.2, -0.15) is 0 Å². The molecule has 29 heavy (non-hydrogen) atoms. The highest BCUT2D eigenvalue weighted by atomic mass is 35.5. The summed E-state index contributed by atoms with van der Waals surface area (Å²) in [4.78, 5) is 51.1. The van der Waals surface area contributed by atoms with Gasteiger partial charge in [-0.1, -0.05) is 23.8 Å². The van der Waals surface area contributed by atoms with Crippen LogP contribution in [-0.4, -0.2) is 41.6 Å². The molecule has 6 nitrogen and oxygen atoms in total. The summed E-state index contributed by atoms with van der Waals surface area (Å²) in [7, 11) is 0. The number of Topliss-reactive ketones (excluding diaryl/α,β-unsaturated/α-hetero) is 1. The third kappa shape index (κ3) is 3.01. The van der Waals surface area contributed by atoms with Crippen LogP contribution in [0, 0.1) is 35.5 Å². The Morgan fingerprint density at radius 2 is 1.59 bits per heavy atom. The molecule has 2 bridgehead atoms. The molecular formula is C22H20ClNO5. The van der Waals surface area contributed by atoms with Crippen molar-refractivity contribution in [3.63, 3.8) is 0 Å². The molecule has 7 heteroatoms. The van der Waals surface area contributed by atoms with Gasteiger partial charge in [0.1, 0.15) is 0 Å². The number of likely N-dealkylation sites (tertiary alicyclic amines) is 1. The molecule has 6 rings (SSSR count). The van der Waals surface area contributed by atoms with Gasteiger partial charge in [-0.05, 0) is 54.4 Å². The Hall–Kier alpha value is -2.47. The zero-order chi connectivity index (χ0) is 20.3. The van der Waals surface area contributed by atoms with E-state index in [1.807, 2.05) is 0 Å². The topological polar surface area (TPSA) is 80.8 Å². The maximum Gasteiger partial charge on any atom is 0.308 e. The van der Waals surface area contributed by atoms with Gasteiger partial charge in [0.15, 0.2) is 12.4 Å². The van der Waals surface area contributed by atoms with E-state index in [0.717, 1.165) is 6.42 Å². The first-order valence-electron chi connectivity index (χ1n) is 9.93. The lowest BCUT2D eigenvalue weighted by Gasteiger charge is -2.37. The second-order valence-electron chi connectivity index (χ2n) is 8.32. The van der Waals surface area contributed by atoms with Crippen LogP contribution in [0.15, 0.2) is 36.4 Å². The molecule has 4 aliphatic carbocycles. The molecule has 0 radical (unpaired) electrons. The Morgan fingerprint density at radius 1 is 1.00 bits per heavy atom. The zero-order valence-corrected chi connectivity index (χ0v) is 16.4. The Morgan fingerprint density at radius 3 is 2.17 bits per heavy atom. The Bertz CT molecular complexity index is 903. The number of amides is 2. The molecule has 2 amide bonds. The maximum atomic E-state index is 12.8. The third-order valence-electron chi connectivity index (χ3n) is 6.82. The first kappa shape index (κ1) is 18.6. The van der Waals surface area contributed by atoms with Crippen LogP contribution >= 0.6 is 11.6 Å². The van der Waals surface area contributed by atoms with Gasteiger partial charge in [0.25, 0.3) is 0 Å². The summed E-state index contributed by atoms with van der Waals surface area (Å²) in [5.41, 5.74) is 0.401. The number of imide groups is 1. The van der Waals surface area contributed by atoms with Gasteiger partial charge in [-0.15, -0.1) is 0 Å². The number of allylic oxidation sites excluding steroid dienone is 2. The summed E-state index contributed by atoms with van der Waals surface area (Å²) < 4.78 is 5.03. The molecule has 1 heterocycles. The fourth-order valence-electron chi connectivity index (χ4n) is 5.38. The SMILES string of the molecule is O=C(CCN1C(=O)[C@@H]2[C@H]3C=C[C@@H]([C@@H]4C[C@H]34)[C@@H]2C1=O)OCC(=O)c1ccc(Cl)cc1. The van der Waals surface area contributed by atoms with Crippen molar-refractivity contribution in [2.75, 3.05) is 13.2 Å². The minimum absolute atomic E-state index is 0.00735. The molecule has 1 aromatic carbocycles. The minimum Gasteiger partial charge on any atom is -0.457 e. The van der Waals surface area contributed by atoms with E-state index >= 15 is 0 Å². The van der Waals surface area contributed by atoms with Crippen LogP contribution in [-0.2, 0) is 19.1 Å². The molecule has 0 N–H and O–H groups in total. The summed E-state index contributed by atoms with van der Waals surface area (Å²) in [6.45, 7) is -0.377. The minimum atomic E-state index is -0.605. The number of carbonyl (C=O) groups is 4. The van der Waals surface area contributed by atoms with Crippen LogP contribution in [0.5, 0.6) is 0 Å². The van der Waals surface area contributed by atoms with E-state index < -0.39 is 5.97 Å². The van der Waals surface area contributed by atoms with Gasteiger partial charge in [-0.3, -0.25) is 24.1 Å². The predicted molar refractivity (Wildman–Crippen MR) is 103 cm³/mol. The van der Waals surface area contributed by atoms with Crippen molar-refractivity contribution < 1.29 is 23.9 Å². The number of esters is 1. The monoisotopic (exact) mass is 413 g/mol. The molecule has 1 aromatic rings. The van der Waals surface area contributed by atoms with Gasteiger partial charge in [0.2, 0.25) is 11.8 Å². The fraction of sp³-hybridized carbons (Fsp3) is 0.455. The van der Waals surface area contributed by atoms with Crippen molar-refractivity contribution in [2.45, 2.75) is 12.8 Å². The van der Waals surface area contributed by atoms with Gasteiger partial charge in [0, 0.05) is 17.1 Å². The summed E-state index contributed by atoms with van der Waals surface area (Å²) in [6.07, 6.45) is 5.24. The number of rotatable bonds is 6. The van der Waals surface area contributed by atoms with Crippen molar-refractivity contribution in [3.8, 4) is 0 Å². The molecule has 6 atom stereocenters. The van der Waals surface area contributed by atoms with Gasteiger partial charge in [-0.25, -0.2) is 0 Å². The van der Waals surface area contributed by atoms with Crippen LogP contribution in [0.25, 0.3) is 0 Å². The lowest BCUT2D eigenvalue weighted by atomic mass is 9.63. The first-order valence-corrected chi connectivity index (χ1v) is 10.3. The molecule has 0 unspecified atom stereocenters. The lowest BCUT2D eigenvalue weighted by Crippen LogP contribution is -2.40. The van der Waals surface area contributed by atoms with Crippen molar-refractivity contribution >= 4 is 35.2 Å². The van der Waals surface area contributed by atoms with Gasteiger partial charge in [0.05, 0.1) is 18.3 Å². The third-order valence-corrected chi connectivity index (χ3v) is 7.08. The fourth-order valence-corrected chi connectivity index (χ4v) is 5.51. The molecule has 5 aliphatic rings. The second kappa shape index (κ2) is 6.80. The van der Waals surface area contributed by atoms with Crippen molar-refractivity contribution in [2.24, 2.45) is 35.5 Å². The zero-order valence-electron chi connectivity index (χ0n) is 15.6. The molecule has 150 valence electrons. The number of benzene rings is 1. The molecule has 3 fully saturated rings. The number of carbonyl (C=O) groups excluding carboxylic acids is 4. The first-order chi connectivity index (χ1) is 14.0. The Kier molecular flexibility index (Phi) is 4.35. The van der Waals surface area contributed by atoms with Crippen LogP contribution in [0.4, 0.5) is 0 Å². The number of hydrogen-bond acceptors (Lipinski definition) is 5. The number of hydrogen-bond donors (Lipinski definition) is 0. The van der Waals surface area contributed by atoms with Gasteiger partial charge < -0.3 is 4.74 Å². The van der Waals surface area contributed by atoms with E-state index in [1.54, 1.807) is 24.3 Å². The summed E-state index contributed by atoms with van der Waals surface area (Å²) in [6, 6.07) is 6.31. The van der Waals surface area contributed by atoms with E-state index in [2.05, 4.69) is 12.2 Å². The Labute approximate surface area is 172 Å². The number of nitrogens with zero attached hydrogens (tertiary/aromatic N) is 1. The molecule has 2 saturated carbocycles. The van der Waals surface area contributed by atoms with Gasteiger partial charge >= 0.3 is 5.97 Å². The number of halogens is 1. The normalized spacial score (nSPS) is 33.5. The van der Waals surface area contributed by atoms with E-state index in [1.165, 1.54) is 4.90 Å². The van der Waals surface area contributed by atoms with Crippen LogP contribution < -0.4 is 0 Å². The number of ketones is 1. The Balaban J connectivity index is 1.15. The quantitative estimate of drug-likeness (QED) is 0.310. The summed E-state index contributed by atoms with van der Waals surface area (Å²) in [5, 5.41) is 0.514. The lowest BCUT2D eigenvalue weighted by molar-refractivity contribution is -0.145. The average Bonchev–Trinajstić information content (AvgIpc) is 3.50. The highest BCUT2D eigenvalue weighted by molar-refractivity contribution is 6.30. The van der Waals surface area contributed by atoms with E-state index in [4.69, 9.17) is 16.3 Å². The average molecular weight is 414 g/mol. The van der Waals surface area contributed by atoms with E-state index in [-0.39, 0.29) is 60.8 Å². The molecule has 0 aromatic heterocycles. The maximum absolute atomic E-state index is 12.8. The summed E-state index contributed by atoms with van der Waals surface area (Å²) in [5.74, 6) is -0.348. The standard InChI is InChI=1S/C22H20ClNO5/c23-12-3-1-11(2-4-12)17(25)10-29-18(26)7-8-24-21(27)19-13-5-6-14(16-9-15(13)16)20(19)22(24)28/h1-6,13-16,19-20H,7-10H2/t13-,14-,15-,16+,19-,20+/m0/s1. The van der Waals surface area contributed by atoms with Crippen molar-refractivity contribution in [3.05, 3.63) is 47.0 Å². The summed E-state index contributed by atoms with van der Waals surface area (Å²) >= 11 is 5.79. The van der Waals surface area contributed by atoms with Crippen molar-refractivity contribution in [1.29, 1.82) is 0 Å². The van der Waals surface area contributed by atoms with E-state index in [0.29, 0.717) is 22.4 Å². The highest BCUT2D eigenvalue weighted by Gasteiger charge is 2.66. The van der Waals surface area contributed by atoms with Crippen molar-refractivity contribution in [1.82, 2.24) is 4.90 Å². The molecule has 1 aliphatic heterocycles. The highest BCUT2D eigenvalue weighted by Crippen LogP contribution is 2.65. The largest absolute Gasteiger partial charge is 0.457 e. The molecule has 0 spiro atoms. The predicted octanol–water partition coefficient (Wildman–Crippen LogP) is 2.51. The smallest absolute Gasteiger partial charge is 0.308 e.